The summed E-state index contributed by atoms with van der Waals surface area (Å²) in [5, 5.41) is 27.9. The maximum atomic E-state index is 11.2. The van der Waals surface area contributed by atoms with Gasteiger partial charge in [-0.2, -0.15) is 5.10 Å². The van der Waals surface area contributed by atoms with E-state index < -0.39 is 0 Å². The van der Waals surface area contributed by atoms with Crippen molar-refractivity contribution < 1.29 is 4.92 Å². The molecule has 0 amide bonds. The highest BCUT2D eigenvalue weighted by atomic mass is 32.1. The maximum Gasteiger partial charge on any atom is 0.313 e. The Morgan fingerprint density at radius 1 is 1.35 bits per heavy atom. The largest absolute Gasteiger partial charge is 0.363 e. The molecule has 0 aromatic carbocycles. The minimum Gasteiger partial charge on any atom is -0.363 e. The molecule has 0 aliphatic carbocycles. The van der Waals surface area contributed by atoms with E-state index in [2.05, 4.69) is 20.6 Å². The van der Waals surface area contributed by atoms with Gasteiger partial charge in [0.2, 0.25) is 5.13 Å². The number of nitrogens with one attached hydrogen (secondary N) is 1. The van der Waals surface area contributed by atoms with E-state index in [1.165, 1.54) is 11.3 Å². The Kier molecular flexibility index (Phi) is 4.28. The number of anilines is 1. The van der Waals surface area contributed by atoms with Crippen molar-refractivity contribution in [1.29, 1.82) is 0 Å². The molecular weight excluding hydrogens is 280 g/mol. The molecule has 0 aliphatic rings. The van der Waals surface area contributed by atoms with Crippen LogP contribution in [-0.4, -0.2) is 31.9 Å². The van der Waals surface area contributed by atoms with Gasteiger partial charge in [0.1, 0.15) is 16.4 Å². The van der Waals surface area contributed by atoms with Crippen LogP contribution in [-0.2, 0) is 19.4 Å². The third-order valence-corrected chi connectivity index (χ3v) is 3.84. The topological polar surface area (TPSA) is 98.8 Å². The average Bonchev–Trinajstić information content (AvgIpc) is 3.02. The lowest BCUT2D eigenvalue weighted by Crippen LogP contribution is -2.06. The second-order valence-electron chi connectivity index (χ2n) is 4.11. The van der Waals surface area contributed by atoms with E-state index in [4.69, 9.17) is 0 Å². The smallest absolute Gasteiger partial charge is 0.313 e. The molecule has 2 aromatic rings. The van der Waals surface area contributed by atoms with Crippen LogP contribution < -0.4 is 5.32 Å². The summed E-state index contributed by atoms with van der Waals surface area (Å²) >= 11 is 1.41. The first-order valence-corrected chi connectivity index (χ1v) is 7.15. The molecule has 2 aromatic heterocycles. The van der Waals surface area contributed by atoms with Gasteiger partial charge in [0, 0.05) is 7.05 Å². The van der Waals surface area contributed by atoms with Crippen LogP contribution in [0.5, 0.6) is 0 Å². The number of nitro groups is 1. The molecule has 0 unspecified atom stereocenters. The van der Waals surface area contributed by atoms with E-state index in [-0.39, 0.29) is 10.6 Å². The van der Waals surface area contributed by atoms with E-state index in [0.29, 0.717) is 30.8 Å². The van der Waals surface area contributed by atoms with Crippen molar-refractivity contribution in [3.8, 4) is 0 Å². The molecule has 2 rings (SSSR count). The van der Waals surface area contributed by atoms with Crippen LogP contribution in [0.4, 0.5) is 10.8 Å². The molecule has 0 saturated carbocycles. The van der Waals surface area contributed by atoms with Crippen molar-refractivity contribution in [1.82, 2.24) is 20.0 Å². The fourth-order valence-electron chi connectivity index (χ4n) is 2.02. The van der Waals surface area contributed by atoms with E-state index >= 15 is 0 Å². The zero-order valence-electron chi connectivity index (χ0n) is 11.6. The molecule has 0 bridgehead atoms. The monoisotopic (exact) mass is 296 g/mol. The Bertz CT molecular complexity index is 620. The van der Waals surface area contributed by atoms with Gasteiger partial charge in [-0.15, -0.1) is 10.2 Å². The van der Waals surface area contributed by atoms with Crippen LogP contribution in [0.2, 0.25) is 0 Å². The Balaban J connectivity index is 2.38. The summed E-state index contributed by atoms with van der Waals surface area (Å²) in [6.45, 7) is 4.16. The predicted molar refractivity (Wildman–Crippen MR) is 76.2 cm³/mol. The summed E-state index contributed by atoms with van der Waals surface area (Å²) in [4.78, 5) is 10.8. The van der Waals surface area contributed by atoms with Gasteiger partial charge in [-0.05, 0) is 12.8 Å². The molecule has 0 saturated heterocycles. The van der Waals surface area contributed by atoms with E-state index in [1.807, 2.05) is 13.8 Å². The van der Waals surface area contributed by atoms with Gasteiger partial charge in [0.25, 0.3) is 0 Å². The molecule has 1 N–H and O–H groups in total. The summed E-state index contributed by atoms with van der Waals surface area (Å²) in [5.74, 6) is 0. The average molecular weight is 296 g/mol. The molecular formula is C11H16N6O2S. The molecule has 9 heteroatoms. The van der Waals surface area contributed by atoms with Crippen LogP contribution in [0.25, 0.3) is 0 Å². The molecule has 0 aliphatic heterocycles. The van der Waals surface area contributed by atoms with Gasteiger partial charge in [0.05, 0.1) is 11.5 Å². The van der Waals surface area contributed by atoms with E-state index in [9.17, 15) is 10.1 Å². The van der Waals surface area contributed by atoms with Gasteiger partial charge >= 0.3 is 5.69 Å². The Hall–Kier alpha value is -2.03. The van der Waals surface area contributed by atoms with E-state index in [0.717, 1.165) is 10.1 Å². The van der Waals surface area contributed by atoms with Gasteiger partial charge in [-0.3, -0.25) is 14.8 Å². The minimum atomic E-state index is -0.347. The maximum absolute atomic E-state index is 11.2. The zero-order valence-corrected chi connectivity index (χ0v) is 12.4. The molecule has 20 heavy (non-hydrogen) atoms. The van der Waals surface area contributed by atoms with E-state index in [1.54, 1.807) is 11.7 Å². The quantitative estimate of drug-likeness (QED) is 0.645. The number of nitrogens with zero attached hydrogens (tertiary/aromatic N) is 5. The summed E-state index contributed by atoms with van der Waals surface area (Å²) in [7, 11) is 1.77. The van der Waals surface area contributed by atoms with Crippen molar-refractivity contribution in [3.63, 3.8) is 0 Å². The van der Waals surface area contributed by atoms with Crippen LogP contribution >= 0.6 is 11.3 Å². The fourth-order valence-corrected chi connectivity index (χ4v) is 2.69. The number of aromatic nitrogens is 4. The zero-order chi connectivity index (χ0) is 14.7. The third-order valence-electron chi connectivity index (χ3n) is 2.92. The molecule has 2 heterocycles. The fraction of sp³-hybridized carbons (Fsp3) is 0.545. The Morgan fingerprint density at radius 2 is 2.10 bits per heavy atom. The third kappa shape index (κ3) is 2.62. The molecule has 0 fully saturated rings. The number of hydrogen-bond acceptors (Lipinski definition) is 7. The van der Waals surface area contributed by atoms with Crippen molar-refractivity contribution in [2.24, 2.45) is 0 Å². The first-order valence-electron chi connectivity index (χ1n) is 6.33. The van der Waals surface area contributed by atoms with Gasteiger partial charge in [0.15, 0.2) is 0 Å². The molecule has 0 spiro atoms. The summed E-state index contributed by atoms with van der Waals surface area (Å²) < 4.78 is 1.66. The van der Waals surface area contributed by atoms with Crippen LogP contribution in [0.1, 0.15) is 30.2 Å². The van der Waals surface area contributed by atoms with Gasteiger partial charge in [-0.1, -0.05) is 25.2 Å². The van der Waals surface area contributed by atoms with Crippen LogP contribution in [0.3, 0.4) is 0 Å². The summed E-state index contributed by atoms with van der Waals surface area (Å²) in [6, 6.07) is 0. The van der Waals surface area contributed by atoms with Crippen molar-refractivity contribution in [2.45, 2.75) is 33.2 Å². The number of rotatable bonds is 6. The lowest BCUT2D eigenvalue weighted by Gasteiger charge is -2.01. The second kappa shape index (κ2) is 5.95. The van der Waals surface area contributed by atoms with Crippen molar-refractivity contribution in [2.75, 3.05) is 12.4 Å². The highest BCUT2D eigenvalue weighted by molar-refractivity contribution is 7.15. The van der Waals surface area contributed by atoms with Gasteiger partial charge < -0.3 is 5.32 Å². The highest BCUT2D eigenvalue weighted by Crippen LogP contribution is 2.26. The number of hydrogen-bond donors (Lipinski definition) is 1. The molecule has 0 radical (unpaired) electrons. The van der Waals surface area contributed by atoms with Gasteiger partial charge in [-0.25, -0.2) is 0 Å². The molecule has 8 nitrogen and oxygen atoms in total. The summed E-state index contributed by atoms with van der Waals surface area (Å²) in [6.07, 6.45) is 1.09. The van der Waals surface area contributed by atoms with Crippen LogP contribution in [0, 0.1) is 10.1 Å². The molecule has 108 valence electrons. The normalized spacial score (nSPS) is 10.8. The first kappa shape index (κ1) is 14.4. The first-order chi connectivity index (χ1) is 9.60. The highest BCUT2D eigenvalue weighted by Gasteiger charge is 2.25. The Labute approximate surface area is 120 Å². The lowest BCUT2D eigenvalue weighted by atomic mass is 10.2. The SMILES string of the molecule is CCc1nn(Cc2nnc(NC)s2)c(CC)c1[N+](=O)[O-]. The predicted octanol–water partition coefficient (Wildman–Crippen LogP) is 1.86. The summed E-state index contributed by atoms with van der Waals surface area (Å²) in [5.41, 5.74) is 1.28. The lowest BCUT2D eigenvalue weighted by molar-refractivity contribution is -0.386. The second-order valence-corrected chi connectivity index (χ2v) is 5.18. The minimum absolute atomic E-state index is 0.133. The van der Waals surface area contributed by atoms with Crippen molar-refractivity contribution >= 4 is 22.2 Å². The van der Waals surface area contributed by atoms with Crippen molar-refractivity contribution in [3.05, 3.63) is 26.5 Å². The standard InChI is InChI=1S/C11H16N6O2S/c1-4-7-10(17(18)19)8(5-2)16(15-7)6-9-13-14-11(12-3)20-9/h4-6H2,1-3H3,(H,12,14). The molecule has 0 atom stereocenters. The van der Waals surface area contributed by atoms with Crippen LogP contribution in [0.15, 0.2) is 0 Å². The number of aryl methyl sites for hydroxylation is 1. The Morgan fingerprint density at radius 3 is 2.60 bits per heavy atom.